The van der Waals surface area contributed by atoms with Gasteiger partial charge in [-0.2, -0.15) is 11.8 Å². The summed E-state index contributed by atoms with van der Waals surface area (Å²) in [5, 5.41) is 2.86. The first-order chi connectivity index (χ1) is 12.0. The van der Waals surface area contributed by atoms with Crippen molar-refractivity contribution in [3.63, 3.8) is 0 Å². The molecule has 0 saturated heterocycles. The molecule has 0 spiro atoms. The molecule has 7 heteroatoms. The lowest BCUT2D eigenvalue weighted by atomic mass is 10.1. The number of carbonyl (C=O) groups is 2. The first-order valence-corrected chi connectivity index (χ1v) is 9.61. The quantitative estimate of drug-likeness (QED) is 0.606. The number of carbonyl (C=O) groups excluding carboxylic acids is 2. The Kier molecular flexibility index (Phi) is 10.0. The number of benzene rings is 1. The van der Waals surface area contributed by atoms with Crippen molar-refractivity contribution in [3.05, 3.63) is 29.8 Å². The van der Waals surface area contributed by atoms with E-state index in [-0.39, 0.29) is 11.8 Å². The Balaban J connectivity index is 2.80. The number of amides is 2. The van der Waals surface area contributed by atoms with Gasteiger partial charge in [0.2, 0.25) is 5.91 Å². The molecule has 0 heterocycles. The Morgan fingerprint density at radius 3 is 2.64 bits per heavy atom. The van der Waals surface area contributed by atoms with Gasteiger partial charge in [0.15, 0.2) is 0 Å². The average Bonchev–Trinajstić information content (AvgIpc) is 2.64. The Hall–Kier alpha value is -1.73. The van der Waals surface area contributed by atoms with Gasteiger partial charge in [0, 0.05) is 27.3 Å². The molecule has 2 amide bonds. The van der Waals surface area contributed by atoms with Crippen LogP contribution in [0.5, 0.6) is 5.75 Å². The number of hydrogen-bond donors (Lipinski definition) is 1. The first kappa shape index (κ1) is 21.3. The fraction of sp³-hybridized carbons (Fsp3) is 0.556. The molecule has 1 unspecified atom stereocenters. The third-order valence-electron chi connectivity index (χ3n) is 3.78. The molecule has 0 fully saturated rings. The predicted octanol–water partition coefficient (Wildman–Crippen LogP) is 2.04. The van der Waals surface area contributed by atoms with Gasteiger partial charge in [-0.3, -0.25) is 9.59 Å². The van der Waals surface area contributed by atoms with Crippen LogP contribution in [0.2, 0.25) is 0 Å². The van der Waals surface area contributed by atoms with E-state index in [0.29, 0.717) is 30.9 Å². The lowest BCUT2D eigenvalue weighted by molar-refractivity contribution is -0.132. The standard InChI is InChI=1S/C18H28N2O4S/c1-20(11-7-12-23-2)18(22)15(10-13-25-4)19-17(21)14-8-5-6-9-16(14)24-3/h5-6,8-9,15H,7,10-13H2,1-4H3,(H,19,21). The highest BCUT2D eigenvalue weighted by Gasteiger charge is 2.25. The zero-order valence-electron chi connectivity index (χ0n) is 15.4. The molecule has 1 N–H and O–H groups in total. The zero-order chi connectivity index (χ0) is 18.7. The smallest absolute Gasteiger partial charge is 0.255 e. The molecule has 1 aromatic carbocycles. The van der Waals surface area contributed by atoms with Crippen LogP contribution in [0.4, 0.5) is 0 Å². The number of likely N-dealkylation sites (N-methyl/N-ethyl adjacent to an activating group) is 1. The number of thioether (sulfide) groups is 1. The number of para-hydroxylation sites is 1. The van der Waals surface area contributed by atoms with E-state index >= 15 is 0 Å². The van der Waals surface area contributed by atoms with Crippen molar-refractivity contribution in [3.8, 4) is 5.75 Å². The first-order valence-electron chi connectivity index (χ1n) is 8.21. The molecule has 140 valence electrons. The minimum Gasteiger partial charge on any atom is -0.496 e. The molecule has 0 aromatic heterocycles. The van der Waals surface area contributed by atoms with E-state index < -0.39 is 6.04 Å². The number of nitrogens with zero attached hydrogens (tertiary/aromatic N) is 1. The van der Waals surface area contributed by atoms with Crippen LogP contribution >= 0.6 is 11.8 Å². The third-order valence-corrected chi connectivity index (χ3v) is 4.43. The molecule has 25 heavy (non-hydrogen) atoms. The molecule has 1 rings (SSSR count). The van der Waals surface area contributed by atoms with E-state index in [0.717, 1.165) is 12.2 Å². The van der Waals surface area contributed by atoms with Gasteiger partial charge in [-0.25, -0.2) is 0 Å². The number of rotatable bonds is 11. The van der Waals surface area contributed by atoms with Crippen LogP contribution in [0.1, 0.15) is 23.2 Å². The summed E-state index contributed by atoms with van der Waals surface area (Å²) in [5.41, 5.74) is 0.425. The summed E-state index contributed by atoms with van der Waals surface area (Å²) < 4.78 is 10.2. The lowest BCUT2D eigenvalue weighted by Crippen LogP contribution is -2.48. The maximum Gasteiger partial charge on any atom is 0.255 e. The minimum absolute atomic E-state index is 0.0894. The summed E-state index contributed by atoms with van der Waals surface area (Å²) in [5.74, 6) is 0.884. The molecule has 1 aromatic rings. The number of methoxy groups -OCH3 is 2. The maximum absolute atomic E-state index is 12.7. The molecular weight excluding hydrogens is 340 g/mol. The van der Waals surface area contributed by atoms with E-state index in [9.17, 15) is 9.59 Å². The van der Waals surface area contributed by atoms with Crippen molar-refractivity contribution < 1.29 is 19.1 Å². The summed E-state index contributed by atoms with van der Waals surface area (Å²) in [7, 11) is 4.90. The van der Waals surface area contributed by atoms with Gasteiger partial charge in [0.1, 0.15) is 11.8 Å². The van der Waals surface area contributed by atoms with E-state index in [4.69, 9.17) is 9.47 Å². The summed E-state index contributed by atoms with van der Waals surface area (Å²) in [4.78, 5) is 26.9. The van der Waals surface area contributed by atoms with Gasteiger partial charge in [-0.15, -0.1) is 0 Å². The summed E-state index contributed by atoms with van der Waals surface area (Å²) in [6.07, 6.45) is 3.32. The Labute approximate surface area is 154 Å². The van der Waals surface area contributed by atoms with Crippen molar-refractivity contribution >= 4 is 23.6 Å². The molecule has 0 aliphatic rings. The summed E-state index contributed by atoms with van der Waals surface area (Å²) in [6, 6.07) is 6.43. The maximum atomic E-state index is 12.7. The van der Waals surface area contributed by atoms with E-state index in [1.807, 2.05) is 6.26 Å². The van der Waals surface area contributed by atoms with Crippen LogP contribution in [0.15, 0.2) is 24.3 Å². The van der Waals surface area contributed by atoms with Crippen molar-refractivity contribution in [1.82, 2.24) is 10.2 Å². The topological polar surface area (TPSA) is 67.9 Å². The van der Waals surface area contributed by atoms with Gasteiger partial charge in [0.05, 0.1) is 12.7 Å². The van der Waals surface area contributed by atoms with Crippen LogP contribution in [0.25, 0.3) is 0 Å². The molecule has 0 aliphatic heterocycles. The Morgan fingerprint density at radius 2 is 2.00 bits per heavy atom. The number of ether oxygens (including phenoxy) is 2. The van der Waals surface area contributed by atoms with Gasteiger partial charge < -0.3 is 19.7 Å². The SMILES string of the molecule is COCCCN(C)C(=O)C(CCSC)NC(=O)c1ccccc1OC. The van der Waals surface area contributed by atoms with Crippen LogP contribution in [0, 0.1) is 0 Å². The Morgan fingerprint density at radius 1 is 1.28 bits per heavy atom. The average molecular weight is 368 g/mol. The van der Waals surface area contributed by atoms with Crippen LogP contribution in [0.3, 0.4) is 0 Å². The van der Waals surface area contributed by atoms with Crippen molar-refractivity contribution in [2.24, 2.45) is 0 Å². The second kappa shape index (κ2) is 11.8. The second-order valence-corrected chi connectivity index (χ2v) is 6.60. The normalized spacial score (nSPS) is 11.7. The molecule has 0 saturated carbocycles. The van der Waals surface area contributed by atoms with Crippen molar-refractivity contribution in [1.29, 1.82) is 0 Å². The largest absolute Gasteiger partial charge is 0.496 e. The summed E-state index contributed by atoms with van der Waals surface area (Å²) in [6.45, 7) is 1.19. The molecular formula is C18H28N2O4S. The van der Waals surface area contributed by atoms with Crippen LogP contribution in [-0.4, -0.2) is 69.2 Å². The summed E-state index contributed by atoms with van der Waals surface area (Å²) >= 11 is 1.64. The highest BCUT2D eigenvalue weighted by molar-refractivity contribution is 7.98. The molecule has 6 nitrogen and oxygen atoms in total. The van der Waals surface area contributed by atoms with Crippen molar-refractivity contribution in [2.45, 2.75) is 18.9 Å². The van der Waals surface area contributed by atoms with Crippen LogP contribution < -0.4 is 10.1 Å². The third kappa shape index (κ3) is 6.96. The highest BCUT2D eigenvalue weighted by Crippen LogP contribution is 2.17. The highest BCUT2D eigenvalue weighted by atomic mass is 32.2. The molecule has 0 radical (unpaired) electrons. The lowest BCUT2D eigenvalue weighted by Gasteiger charge is -2.25. The van der Waals surface area contributed by atoms with E-state index in [1.54, 1.807) is 55.1 Å². The molecule has 1 atom stereocenters. The second-order valence-electron chi connectivity index (χ2n) is 5.61. The van der Waals surface area contributed by atoms with Gasteiger partial charge in [-0.05, 0) is 37.0 Å². The number of nitrogens with one attached hydrogen (secondary N) is 1. The fourth-order valence-corrected chi connectivity index (χ4v) is 2.85. The molecule has 0 aliphatic carbocycles. The predicted molar refractivity (Wildman–Crippen MR) is 101 cm³/mol. The fourth-order valence-electron chi connectivity index (χ4n) is 2.38. The zero-order valence-corrected chi connectivity index (χ0v) is 16.2. The van der Waals surface area contributed by atoms with E-state index in [2.05, 4.69) is 5.32 Å². The van der Waals surface area contributed by atoms with Gasteiger partial charge in [-0.1, -0.05) is 12.1 Å². The molecule has 0 bridgehead atoms. The minimum atomic E-state index is -0.558. The monoisotopic (exact) mass is 368 g/mol. The Bertz CT molecular complexity index is 554. The van der Waals surface area contributed by atoms with Gasteiger partial charge in [0.25, 0.3) is 5.91 Å². The van der Waals surface area contributed by atoms with Crippen molar-refractivity contribution in [2.75, 3.05) is 46.4 Å². The van der Waals surface area contributed by atoms with Crippen LogP contribution in [-0.2, 0) is 9.53 Å². The number of hydrogen-bond acceptors (Lipinski definition) is 5. The van der Waals surface area contributed by atoms with Gasteiger partial charge >= 0.3 is 0 Å². The van der Waals surface area contributed by atoms with E-state index in [1.165, 1.54) is 7.11 Å².